The van der Waals surface area contributed by atoms with Crippen molar-refractivity contribution in [2.75, 3.05) is 0 Å². The molecule has 0 heterocycles. The Bertz CT molecular complexity index is 539. The fourth-order valence-electron chi connectivity index (χ4n) is 3.20. The standard InChI is InChI=1S/C18H20.2C2H6/c1-13-8-10-17-16(15-6-4-3-5-7-15)11-9-14(2)18(17)12-13;2*1-2/h3-8,10,12,14,16H,9,11H2,1-2H3;2*1-2H3. The lowest BCUT2D eigenvalue weighted by atomic mass is 9.74. The van der Waals surface area contributed by atoms with Crippen molar-refractivity contribution in [2.45, 2.75) is 66.2 Å². The van der Waals surface area contributed by atoms with Gasteiger partial charge in [-0.25, -0.2) is 0 Å². The van der Waals surface area contributed by atoms with Gasteiger partial charge in [0.15, 0.2) is 0 Å². The van der Waals surface area contributed by atoms with Crippen molar-refractivity contribution in [1.82, 2.24) is 0 Å². The molecule has 1 aliphatic carbocycles. The van der Waals surface area contributed by atoms with Crippen molar-refractivity contribution in [3.8, 4) is 0 Å². The van der Waals surface area contributed by atoms with Crippen LogP contribution in [-0.4, -0.2) is 0 Å². The van der Waals surface area contributed by atoms with Gasteiger partial charge in [0.25, 0.3) is 0 Å². The van der Waals surface area contributed by atoms with Gasteiger partial charge in [0.05, 0.1) is 0 Å². The predicted molar refractivity (Wildman–Crippen MR) is 99.8 cm³/mol. The molecule has 22 heavy (non-hydrogen) atoms. The molecule has 0 N–H and O–H groups in total. The van der Waals surface area contributed by atoms with E-state index < -0.39 is 0 Å². The second-order valence-corrected chi connectivity index (χ2v) is 5.57. The van der Waals surface area contributed by atoms with Crippen LogP contribution in [0.15, 0.2) is 48.5 Å². The Morgan fingerprint density at radius 3 is 2.05 bits per heavy atom. The van der Waals surface area contributed by atoms with Gasteiger partial charge in [-0.15, -0.1) is 0 Å². The average molecular weight is 296 g/mol. The zero-order valence-corrected chi connectivity index (χ0v) is 15.2. The summed E-state index contributed by atoms with van der Waals surface area (Å²) in [5.74, 6) is 1.30. The molecule has 0 radical (unpaired) electrons. The second kappa shape index (κ2) is 9.46. The zero-order chi connectivity index (χ0) is 16.5. The maximum atomic E-state index is 2.38. The number of rotatable bonds is 1. The van der Waals surface area contributed by atoms with E-state index in [9.17, 15) is 0 Å². The smallest absolute Gasteiger partial charge is 0.00923 e. The first kappa shape index (κ1) is 18.5. The Labute approximate surface area is 137 Å². The van der Waals surface area contributed by atoms with Crippen LogP contribution in [0.2, 0.25) is 0 Å². The first-order chi connectivity index (χ1) is 10.8. The van der Waals surface area contributed by atoms with Gasteiger partial charge >= 0.3 is 0 Å². The molecule has 2 aromatic rings. The molecule has 0 nitrogen and oxygen atoms in total. The van der Waals surface area contributed by atoms with E-state index in [0.29, 0.717) is 11.8 Å². The molecule has 3 rings (SSSR count). The molecule has 0 bridgehead atoms. The molecule has 2 atom stereocenters. The molecule has 2 aromatic carbocycles. The minimum Gasteiger partial charge on any atom is -0.0683 e. The SMILES string of the molecule is CC.CC.Cc1ccc2c(c1)C(C)CCC2c1ccccc1. The van der Waals surface area contributed by atoms with E-state index >= 15 is 0 Å². The minimum absolute atomic E-state index is 0.595. The molecular formula is C22H32. The molecule has 0 aromatic heterocycles. The summed E-state index contributed by atoms with van der Waals surface area (Å²) >= 11 is 0. The molecule has 120 valence electrons. The fourth-order valence-corrected chi connectivity index (χ4v) is 3.20. The first-order valence-corrected chi connectivity index (χ1v) is 8.91. The third-order valence-electron chi connectivity index (χ3n) is 4.24. The quantitative estimate of drug-likeness (QED) is 0.527. The van der Waals surface area contributed by atoms with Crippen LogP contribution in [0.3, 0.4) is 0 Å². The Morgan fingerprint density at radius 1 is 0.773 bits per heavy atom. The van der Waals surface area contributed by atoms with Gasteiger partial charge < -0.3 is 0 Å². The van der Waals surface area contributed by atoms with E-state index in [1.165, 1.54) is 24.0 Å². The van der Waals surface area contributed by atoms with Crippen molar-refractivity contribution in [2.24, 2.45) is 0 Å². The predicted octanol–water partition coefficient (Wildman–Crippen LogP) is 7.08. The zero-order valence-electron chi connectivity index (χ0n) is 15.2. The third-order valence-corrected chi connectivity index (χ3v) is 4.24. The van der Waals surface area contributed by atoms with Crippen LogP contribution in [-0.2, 0) is 0 Å². The monoisotopic (exact) mass is 296 g/mol. The van der Waals surface area contributed by atoms with Gasteiger partial charge in [0, 0.05) is 5.92 Å². The highest BCUT2D eigenvalue weighted by Crippen LogP contribution is 2.42. The summed E-state index contributed by atoms with van der Waals surface area (Å²) in [5.41, 5.74) is 5.96. The van der Waals surface area contributed by atoms with Gasteiger partial charge in [-0.1, -0.05) is 88.7 Å². The van der Waals surface area contributed by atoms with E-state index in [-0.39, 0.29) is 0 Å². The van der Waals surface area contributed by atoms with Crippen LogP contribution in [0, 0.1) is 6.92 Å². The third kappa shape index (κ3) is 4.22. The van der Waals surface area contributed by atoms with E-state index in [1.54, 1.807) is 11.1 Å². The summed E-state index contributed by atoms with van der Waals surface area (Å²) in [6, 6.07) is 17.9. The summed E-state index contributed by atoms with van der Waals surface area (Å²) in [4.78, 5) is 0. The number of hydrogen-bond donors (Lipinski definition) is 0. The maximum absolute atomic E-state index is 2.38. The number of hydrogen-bond acceptors (Lipinski definition) is 0. The fraction of sp³-hybridized carbons (Fsp3) is 0.455. The van der Waals surface area contributed by atoms with Crippen molar-refractivity contribution < 1.29 is 0 Å². The highest BCUT2D eigenvalue weighted by Gasteiger charge is 2.25. The van der Waals surface area contributed by atoms with E-state index in [0.717, 1.165) is 0 Å². The van der Waals surface area contributed by atoms with Gasteiger partial charge in [0.2, 0.25) is 0 Å². The summed E-state index contributed by atoms with van der Waals surface area (Å²) < 4.78 is 0. The van der Waals surface area contributed by atoms with E-state index in [2.05, 4.69) is 62.4 Å². The van der Waals surface area contributed by atoms with Crippen LogP contribution in [0.1, 0.15) is 81.5 Å². The Morgan fingerprint density at radius 2 is 1.41 bits per heavy atom. The molecule has 0 heteroatoms. The summed E-state index contributed by atoms with van der Waals surface area (Å²) in [6.07, 6.45) is 2.58. The van der Waals surface area contributed by atoms with Crippen molar-refractivity contribution in [3.05, 3.63) is 70.8 Å². The van der Waals surface area contributed by atoms with Crippen LogP contribution in [0.5, 0.6) is 0 Å². The largest absolute Gasteiger partial charge is 0.0683 e. The normalized spacial score (nSPS) is 19.0. The lowest BCUT2D eigenvalue weighted by Crippen LogP contribution is -2.14. The molecule has 0 amide bonds. The van der Waals surface area contributed by atoms with Crippen molar-refractivity contribution in [3.63, 3.8) is 0 Å². The molecule has 0 spiro atoms. The van der Waals surface area contributed by atoms with E-state index in [4.69, 9.17) is 0 Å². The maximum Gasteiger partial charge on any atom is 0.00923 e. The van der Waals surface area contributed by atoms with E-state index in [1.807, 2.05) is 27.7 Å². The number of fused-ring (bicyclic) bond motifs is 1. The van der Waals surface area contributed by atoms with Crippen molar-refractivity contribution in [1.29, 1.82) is 0 Å². The van der Waals surface area contributed by atoms with Gasteiger partial charge in [-0.3, -0.25) is 0 Å². The highest BCUT2D eigenvalue weighted by atomic mass is 14.3. The molecule has 0 aliphatic heterocycles. The minimum atomic E-state index is 0.595. The number of aryl methyl sites for hydroxylation is 1. The lowest BCUT2D eigenvalue weighted by molar-refractivity contribution is 0.545. The van der Waals surface area contributed by atoms with Crippen LogP contribution < -0.4 is 0 Å². The van der Waals surface area contributed by atoms with Gasteiger partial charge in [-0.2, -0.15) is 0 Å². The summed E-state index contributed by atoms with van der Waals surface area (Å²) in [6.45, 7) is 12.6. The summed E-state index contributed by atoms with van der Waals surface area (Å²) in [7, 11) is 0. The molecule has 2 unspecified atom stereocenters. The van der Waals surface area contributed by atoms with Crippen LogP contribution in [0.25, 0.3) is 0 Å². The lowest BCUT2D eigenvalue weighted by Gasteiger charge is -2.30. The molecule has 0 saturated carbocycles. The molecule has 0 fully saturated rings. The molecule has 0 saturated heterocycles. The van der Waals surface area contributed by atoms with Crippen molar-refractivity contribution >= 4 is 0 Å². The summed E-state index contributed by atoms with van der Waals surface area (Å²) in [5, 5.41) is 0. The molecular weight excluding hydrogens is 264 g/mol. The topological polar surface area (TPSA) is 0 Å². The Balaban J connectivity index is 0.000000561. The van der Waals surface area contributed by atoms with Gasteiger partial charge in [-0.05, 0) is 42.4 Å². The Hall–Kier alpha value is -1.56. The first-order valence-electron chi connectivity index (χ1n) is 8.91. The Kier molecular flexibility index (Phi) is 7.95. The number of benzene rings is 2. The average Bonchev–Trinajstić information content (AvgIpc) is 2.60. The second-order valence-electron chi connectivity index (χ2n) is 5.57. The van der Waals surface area contributed by atoms with Gasteiger partial charge in [0.1, 0.15) is 0 Å². The molecule has 1 aliphatic rings. The van der Waals surface area contributed by atoms with Crippen LogP contribution in [0.4, 0.5) is 0 Å². The van der Waals surface area contributed by atoms with Crippen LogP contribution >= 0.6 is 0 Å². The highest BCUT2D eigenvalue weighted by molar-refractivity contribution is 5.43.